The van der Waals surface area contributed by atoms with Crippen LogP contribution in [-0.2, 0) is 20.7 Å². The number of esters is 1. The first-order chi connectivity index (χ1) is 11.8. The molecule has 0 aromatic heterocycles. The van der Waals surface area contributed by atoms with Crippen molar-refractivity contribution in [2.45, 2.75) is 64.9 Å². The van der Waals surface area contributed by atoms with Crippen LogP contribution in [-0.4, -0.2) is 23.0 Å². The van der Waals surface area contributed by atoms with E-state index in [0.29, 0.717) is 30.3 Å². The van der Waals surface area contributed by atoms with E-state index in [4.69, 9.17) is 4.74 Å². The number of hydrogen-bond acceptors (Lipinski definition) is 4. The number of phenolic OH excluding ortho intramolecular Hbond substituents is 1. The maximum Gasteiger partial charge on any atom is 0.302 e. The van der Waals surface area contributed by atoms with Crippen molar-refractivity contribution >= 4 is 11.8 Å². The smallest absolute Gasteiger partial charge is 0.302 e. The molecule has 134 valence electrons. The van der Waals surface area contributed by atoms with Gasteiger partial charge < -0.3 is 9.84 Å². The van der Waals surface area contributed by atoms with E-state index < -0.39 is 0 Å². The van der Waals surface area contributed by atoms with Gasteiger partial charge in [-0.15, -0.1) is 0 Å². The molecule has 5 atom stereocenters. The molecule has 3 aliphatic rings. The van der Waals surface area contributed by atoms with Crippen LogP contribution >= 0.6 is 0 Å². The third-order valence-corrected chi connectivity index (χ3v) is 7.07. The third kappa shape index (κ3) is 2.41. The molecule has 25 heavy (non-hydrogen) atoms. The Morgan fingerprint density at radius 2 is 2.08 bits per heavy atom. The second-order valence-electron chi connectivity index (χ2n) is 8.40. The summed E-state index contributed by atoms with van der Waals surface area (Å²) in [4.78, 5) is 24.3. The van der Waals surface area contributed by atoms with Gasteiger partial charge >= 0.3 is 5.97 Å². The van der Waals surface area contributed by atoms with E-state index in [2.05, 4.69) is 13.0 Å². The van der Waals surface area contributed by atoms with E-state index >= 15 is 0 Å². The van der Waals surface area contributed by atoms with Crippen LogP contribution in [0.1, 0.15) is 62.1 Å². The van der Waals surface area contributed by atoms with Crippen molar-refractivity contribution in [3.05, 3.63) is 28.8 Å². The van der Waals surface area contributed by atoms with Crippen molar-refractivity contribution in [1.82, 2.24) is 0 Å². The highest BCUT2D eigenvalue weighted by molar-refractivity contribution is 5.87. The molecule has 4 heteroatoms. The summed E-state index contributed by atoms with van der Waals surface area (Å²) >= 11 is 0. The SMILES string of the molecule is CC(=O)O[C@H]1Cc2cc(O)c(C)cc2C2CC[C@]3(C)C(=O)CCC3C21. The van der Waals surface area contributed by atoms with Gasteiger partial charge in [-0.05, 0) is 60.8 Å². The highest BCUT2D eigenvalue weighted by Crippen LogP contribution is 2.60. The number of aromatic hydroxyl groups is 1. The number of aryl methyl sites for hydroxylation is 1. The standard InChI is InChI=1S/C21H26O4/c1-11-8-15-13(9-17(11)23)10-18(25-12(2)22)20-14(15)6-7-21(3)16(20)4-5-19(21)24/h8-9,14,16,18,20,23H,4-7,10H2,1-3H3/t14?,16?,18-,20?,21-/m0/s1. The Hall–Kier alpha value is -1.84. The first-order valence-electron chi connectivity index (χ1n) is 9.34. The lowest BCUT2D eigenvalue weighted by atomic mass is 9.54. The molecule has 2 saturated carbocycles. The first kappa shape index (κ1) is 16.6. The molecule has 0 saturated heterocycles. The maximum atomic E-state index is 12.5. The summed E-state index contributed by atoms with van der Waals surface area (Å²) in [5, 5.41) is 10.1. The molecule has 3 unspecified atom stereocenters. The minimum absolute atomic E-state index is 0.200. The fraction of sp³-hybridized carbons (Fsp3) is 0.619. The Morgan fingerprint density at radius 3 is 2.80 bits per heavy atom. The summed E-state index contributed by atoms with van der Waals surface area (Å²) in [6.45, 7) is 5.50. The van der Waals surface area contributed by atoms with Gasteiger partial charge in [0, 0.05) is 31.1 Å². The fourth-order valence-corrected chi connectivity index (χ4v) is 5.82. The highest BCUT2D eigenvalue weighted by atomic mass is 16.5. The molecule has 2 fully saturated rings. The van der Waals surface area contributed by atoms with Crippen LogP contribution in [0.4, 0.5) is 0 Å². The molecule has 0 amide bonds. The van der Waals surface area contributed by atoms with Crippen molar-refractivity contribution < 1.29 is 19.4 Å². The number of rotatable bonds is 1. The van der Waals surface area contributed by atoms with Crippen LogP contribution in [0.5, 0.6) is 5.75 Å². The van der Waals surface area contributed by atoms with Crippen molar-refractivity contribution in [2.75, 3.05) is 0 Å². The fourth-order valence-electron chi connectivity index (χ4n) is 5.82. The van der Waals surface area contributed by atoms with E-state index in [-0.39, 0.29) is 29.3 Å². The van der Waals surface area contributed by atoms with E-state index in [1.54, 1.807) is 0 Å². The zero-order valence-electron chi connectivity index (χ0n) is 15.2. The highest BCUT2D eigenvalue weighted by Gasteiger charge is 2.57. The molecule has 3 aliphatic carbocycles. The normalized spacial score (nSPS) is 36.4. The number of carbonyl (C=O) groups excluding carboxylic acids is 2. The summed E-state index contributed by atoms with van der Waals surface area (Å²) in [5.74, 6) is 1.20. The summed E-state index contributed by atoms with van der Waals surface area (Å²) in [7, 11) is 0. The monoisotopic (exact) mass is 342 g/mol. The van der Waals surface area contributed by atoms with Crippen LogP contribution in [0, 0.1) is 24.2 Å². The average Bonchev–Trinajstić information content (AvgIpc) is 2.84. The van der Waals surface area contributed by atoms with E-state index in [1.165, 1.54) is 12.5 Å². The molecule has 1 N–H and O–H groups in total. The second kappa shape index (κ2) is 5.58. The van der Waals surface area contributed by atoms with E-state index in [0.717, 1.165) is 30.4 Å². The lowest BCUT2D eigenvalue weighted by Crippen LogP contribution is -2.49. The molecule has 1 aromatic rings. The molecule has 4 nitrogen and oxygen atoms in total. The number of ketones is 1. The van der Waals surface area contributed by atoms with Crippen LogP contribution in [0.15, 0.2) is 12.1 Å². The lowest BCUT2D eigenvalue weighted by molar-refractivity contribution is -0.155. The van der Waals surface area contributed by atoms with Gasteiger partial charge in [0.25, 0.3) is 0 Å². The zero-order chi connectivity index (χ0) is 17.9. The van der Waals surface area contributed by atoms with Gasteiger partial charge in [0.15, 0.2) is 0 Å². The summed E-state index contributed by atoms with van der Waals surface area (Å²) in [6.07, 6.45) is 3.83. The van der Waals surface area contributed by atoms with Gasteiger partial charge in [-0.3, -0.25) is 9.59 Å². The number of phenols is 1. The average molecular weight is 342 g/mol. The van der Waals surface area contributed by atoms with Crippen molar-refractivity contribution in [2.24, 2.45) is 17.3 Å². The van der Waals surface area contributed by atoms with Crippen LogP contribution in [0.25, 0.3) is 0 Å². The molecular formula is C21H26O4. The second-order valence-corrected chi connectivity index (χ2v) is 8.40. The molecule has 1 aromatic carbocycles. The molecule has 4 rings (SSSR count). The molecular weight excluding hydrogens is 316 g/mol. The summed E-state index contributed by atoms with van der Waals surface area (Å²) in [6, 6.07) is 3.94. The number of benzene rings is 1. The molecule has 0 heterocycles. The Kier molecular flexibility index (Phi) is 3.71. The zero-order valence-corrected chi connectivity index (χ0v) is 15.2. The molecule has 0 aliphatic heterocycles. The Labute approximate surface area is 148 Å². The van der Waals surface area contributed by atoms with Crippen molar-refractivity contribution in [3.63, 3.8) is 0 Å². The van der Waals surface area contributed by atoms with Gasteiger partial charge in [0.05, 0.1) is 0 Å². The predicted octanol–water partition coefficient (Wildman–Crippen LogP) is 3.67. The number of ether oxygens (including phenoxy) is 1. The third-order valence-electron chi connectivity index (χ3n) is 7.07. The maximum absolute atomic E-state index is 12.5. The number of carbonyl (C=O) groups is 2. The number of hydrogen-bond donors (Lipinski definition) is 1. The predicted molar refractivity (Wildman–Crippen MR) is 93.4 cm³/mol. The largest absolute Gasteiger partial charge is 0.508 e. The van der Waals surface area contributed by atoms with Gasteiger partial charge in [0.2, 0.25) is 0 Å². The molecule has 0 radical (unpaired) electrons. The Morgan fingerprint density at radius 1 is 1.32 bits per heavy atom. The summed E-state index contributed by atoms with van der Waals surface area (Å²) < 4.78 is 5.74. The minimum Gasteiger partial charge on any atom is -0.508 e. The van der Waals surface area contributed by atoms with Crippen LogP contribution in [0.3, 0.4) is 0 Å². The molecule has 0 bridgehead atoms. The van der Waals surface area contributed by atoms with Crippen molar-refractivity contribution in [3.8, 4) is 5.75 Å². The van der Waals surface area contributed by atoms with Crippen LogP contribution < -0.4 is 0 Å². The Balaban J connectivity index is 1.81. The van der Waals surface area contributed by atoms with E-state index in [9.17, 15) is 14.7 Å². The topological polar surface area (TPSA) is 63.6 Å². The molecule has 0 spiro atoms. The van der Waals surface area contributed by atoms with Crippen molar-refractivity contribution in [1.29, 1.82) is 0 Å². The quantitative estimate of drug-likeness (QED) is 0.791. The lowest BCUT2D eigenvalue weighted by Gasteiger charge is -2.50. The van der Waals surface area contributed by atoms with Gasteiger partial charge in [-0.1, -0.05) is 13.0 Å². The number of fused-ring (bicyclic) bond motifs is 5. The Bertz CT molecular complexity index is 753. The summed E-state index contributed by atoms with van der Waals surface area (Å²) in [5.41, 5.74) is 3.00. The van der Waals surface area contributed by atoms with Gasteiger partial charge in [0.1, 0.15) is 17.6 Å². The van der Waals surface area contributed by atoms with Gasteiger partial charge in [-0.25, -0.2) is 0 Å². The van der Waals surface area contributed by atoms with Gasteiger partial charge in [-0.2, -0.15) is 0 Å². The first-order valence-corrected chi connectivity index (χ1v) is 9.34. The minimum atomic E-state index is -0.264. The van der Waals surface area contributed by atoms with Crippen LogP contribution in [0.2, 0.25) is 0 Å². The van der Waals surface area contributed by atoms with E-state index in [1.807, 2.05) is 13.0 Å². The number of Topliss-reactive ketones (excluding diaryl/α,β-unsaturated/α-hetero) is 1.